The maximum atomic E-state index is 4.51. The van der Waals surface area contributed by atoms with Gasteiger partial charge in [0.1, 0.15) is 0 Å². The SMILES string of the molecule is CCCCC(C)Nc1ccc(-c2csc(C)n2)cc1. The molecule has 0 fully saturated rings. The van der Waals surface area contributed by atoms with E-state index in [2.05, 4.69) is 53.8 Å². The predicted octanol–water partition coefficient (Wildman–Crippen LogP) is 5.11. The van der Waals surface area contributed by atoms with Gasteiger partial charge in [0.15, 0.2) is 0 Å². The van der Waals surface area contributed by atoms with Gasteiger partial charge in [-0.1, -0.05) is 31.9 Å². The van der Waals surface area contributed by atoms with Crippen molar-refractivity contribution in [1.82, 2.24) is 4.98 Å². The van der Waals surface area contributed by atoms with Crippen molar-refractivity contribution < 1.29 is 0 Å². The molecule has 102 valence electrons. The molecule has 0 saturated carbocycles. The number of nitrogens with zero attached hydrogens (tertiary/aromatic N) is 1. The third-order valence-corrected chi connectivity index (χ3v) is 3.98. The molecule has 1 aromatic carbocycles. The smallest absolute Gasteiger partial charge is 0.0901 e. The third kappa shape index (κ3) is 4.06. The fourth-order valence-electron chi connectivity index (χ4n) is 2.10. The topological polar surface area (TPSA) is 24.9 Å². The molecule has 0 aliphatic rings. The molecule has 2 rings (SSSR count). The molecule has 0 spiro atoms. The number of nitrogens with one attached hydrogen (secondary N) is 1. The molecule has 3 heteroatoms. The molecule has 0 amide bonds. The van der Waals surface area contributed by atoms with Crippen LogP contribution >= 0.6 is 11.3 Å². The van der Waals surface area contributed by atoms with E-state index in [1.165, 1.54) is 30.5 Å². The van der Waals surface area contributed by atoms with Crippen molar-refractivity contribution in [2.75, 3.05) is 5.32 Å². The van der Waals surface area contributed by atoms with Crippen LogP contribution in [-0.4, -0.2) is 11.0 Å². The fraction of sp³-hybridized carbons (Fsp3) is 0.438. The van der Waals surface area contributed by atoms with Crippen molar-refractivity contribution in [3.63, 3.8) is 0 Å². The highest BCUT2D eigenvalue weighted by Crippen LogP contribution is 2.23. The Morgan fingerprint density at radius 1 is 1.26 bits per heavy atom. The van der Waals surface area contributed by atoms with Crippen LogP contribution in [0.15, 0.2) is 29.6 Å². The number of aryl methyl sites for hydroxylation is 1. The average Bonchev–Trinajstić information content (AvgIpc) is 2.84. The highest BCUT2D eigenvalue weighted by atomic mass is 32.1. The highest BCUT2D eigenvalue weighted by Gasteiger charge is 2.04. The first-order valence-electron chi connectivity index (χ1n) is 6.98. The number of rotatable bonds is 6. The predicted molar refractivity (Wildman–Crippen MR) is 84.9 cm³/mol. The second-order valence-electron chi connectivity index (χ2n) is 5.02. The monoisotopic (exact) mass is 274 g/mol. The van der Waals surface area contributed by atoms with Gasteiger partial charge in [-0.2, -0.15) is 0 Å². The standard InChI is InChI=1S/C16H22N2S/c1-4-5-6-12(2)17-15-9-7-14(8-10-15)16-11-19-13(3)18-16/h7-12,17H,4-6H2,1-3H3. The number of anilines is 1. The summed E-state index contributed by atoms with van der Waals surface area (Å²) in [5.41, 5.74) is 3.46. The molecule has 1 aromatic heterocycles. The molecule has 0 saturated heterocycles. The maximum absolute atomic E-state index is 4.51. The summed E-state index contributed by atoms with van der Waals surface area (Å²) in [6, 6.07) is 9.11. The van der Waals surface area contributed by atoms with Crippen molar-refractivity contribution >= 4 is 17.0 Å². The summed E-state index contributed by atoms with van der Waals surface area (Å²) in [6.45, 7) is 6.52. The zero-order valence-corrected chi connectivity index (χ0v) is 12.8. The zero-order valence-electron chi connectivity index (χ0n) is 11.9. The number of benzene rings is 1. The van der Waals surface area contributed by atoms with Gasteiger partial charge in [0.05, 0.1) is 10.7 Å². The zero-order chi connectivity index (χ0) is 13.7. The van der Waals surface area contributed by atoms with Gasteiger partial charge >= 0.3 is 0 Å². The second-order valence-corrected chi connectivity index (χ2v) is 6.08. The molecule has 1 atom stereocenters. The molecule has 0 radical (unpaired) electrons. The van der Waals surface area contributed by atoms with Crippen LogP contribution in [0.4, 0.5) is 5.69 Å². The van der Waals surface area contributed by atoms with Crippen LogP contribution in [-0.2, 0) is 0 Å². The van der Waals surface area contributed by atoms with Crippen LogP contribution in [0.5, 0.6) is 0 Å². The number of hydrogen-bond acceptors (Lipinski definition) is 3. The van der Waals surface area contributed by atoms with Crippen molar-refractivity contribution in [1.29, 1.82) is 0 Å². The average molecular weight is 274 g/mol. The van der Waals surface area contributed by atoms with Crippen molar-refractivity contribution in [2.45, 2.75) is 46.1 Å². The molecular weight excluding hydrogens is 252 g/mol. The Morgan fingerprint density at radius 2 is 2.00 bits per heavy atom. The van der Waals surface area contributed by atoms with Gasteiger partial charge in [-0.25, -0.2) is 4.98 Å². The van der Waals surface area contributed by atoms with E-state index in [4.69, 9.17) is 0 Å². The van der Waals surface area contributed by atoms with Gasteiger partial charge in [0, 0.05) is 22.7 Å². The first-order valence-corrected chi connectivity index (χ1v) is 7.86. The summed E-state index contributed by atoms with van der Waals surface area (Å²) in [6.07, 6.45) is 3.77. The normalized spacial score (nSPS) is 12.4. The Balaban J connectivity index is 1.98. The molecule has 0 bridgehead atoms. The van der Waals surface area contributed by atoms with Crippen LogP contribution in [0.25, 0.3) is 11.3 Å². The molecule has 1 unspecified atom stereocenters. The fourth-order valence-corrected chi connectivity index (χ4v) is 2.72. The van der Waals surface area contributed by atoms with Crippen molar-refractivity contribution in [2.24, 2.45) is 0 Å². The van der Waals surface area contributed by atoms with E-state index in [-0.39, 0.29) is 0 Å². The van der Waals surface area contributed by atoms with E-state index in [0.717, 1.165) is 10.7 Å². The molecule has 1 heterocycles. The van der Waals surface area contributed by atoms with E-state index < -0.39 is 0 Å². The maximum Gasteiger partial charge on any atom is 0.0901 e. The minimum atomic E-state index is 0.535. The lowest BCUT2D eigenvalue weighted by Gasteiger charge is -2.14. The van der Waals surface area contributed by atoms with E-state index in [1.54, 1.807) is 11.3 Å². The summed E-state index contributed by atoms with van der Waals surface area (Å²) < 4.78 is 0. The van der Waals surface area contributed by atoms with Crippen LogP contribution in [0, 0.1) is 6.92 Å². The molecule has 0 aliphatic carbocycles. The van der Waals surface area contributed by atoms with Crippen molar-refractivity contribution in [3.05, 3.63) is 34.7 Å². The molecule has 2 nitrogen and oxygen atoms in total. The molecule has 2 aromatic rings. The number of hydrogen-bond donors (Lipinski definition) is 1. The minimum absolute atomic E-state index is 0.535. The Hall–Kier alpha value is -1.35. The van der Waals surface area contributed by atoms with Gasteiger partial charge < -0.3 is 5.32 Å². The summed E-state index contributed by atoms with van der Waals surface area (Å²) in [5, 5.41) is 6.77. The number of thiazole rings is 1. The van der Waals surface area contributed by atoms with Gasteiger partial charge in [-0.3, -0.25) is 0 Å². The van der Waals surface area contributed by atoms with Crippen molar-refractivity contribution in [3.8, 4) is 11.3 Å². The summed E-state index contributed by atoms with van der Waals surface area (Å²) in [7, 11) is 0. The second kappa shape index (κ2) is 6.71. The van der Waals surface area contributed by atoms with Gasteiger partial charge in [-0.15, -0.1) is 11.3 Å². The highest BCUT2D eigenvalue weighted by molar-refractivity contribution is 7.09. The third-order valence-electron chi connectivity index (χ3n) is 3.20. The number of unbranched alkanes of at least 4 members (excludes halogenated alkanes) is 1. The minimum Gasteiger partial charge on any atom is -0.383 e. The van der Waals surface area contributed by atoms with Crippen LogP contribution < -0.4 is 5.32 Å². The Kier molecular flexibility index (Phi) is 4.97. The Bertz CT molecular complexity index is 502. The molecule has 1 N–H and O–H groups in total. The van der Waals surface area contributed by atoms with E-state index in [1.807, 2.05) is 6.92 Å². The van der Waals surface area contributed by atoms with Crippen LogP contribution in [0.2, 0.25) is 0 Å². The van der Waals surface area contributed by atoms with Gasteiger partial charge in [0.2, 0.25) is 0 Å². The largest absolute Gasteiger partial charge is 0.383 e. The Morgan fingerprint density at radius 3 is 2.58 bits per heavy atom. The lowest BCUT2D eigenvalue weighted by molar-refractivity contribution is 0.645. The molecule has 19 heavy (non-hydrogen) atoms. The summed E-state index contributed by atoms with van der Waals surface area (Å²) >= 11 is 1.70. The lowest BCUT2D eigenvalue weighted by atomic mass is 10.1. The van der Waals surface area contributed by atoms with E-state index in [0.29, 0.717) is 6.04 Å². The quantitative estimate of drug-likeness (QED) is 0.791. The van der Waals surface area contributed by atoms with Crippen LogP contribution in [0.1, 0.15) is 38.1 Å². The number of aromatic nitrogens is 1. The lowest BCUT2D eigenvalue weighted by Crippen LogP contribution is -2.14. The Labute approximate surface area is 119 Å². The first-order chi connectivity index (χ1) is 9.19. The molecular formula is C16H22N2S. The summed E-state index contributed by atoms with van der Waals surface area (Å²) in [5.74, 6) is 0. The van der Waals surface area contributed by atoms with E-state index >= 15 is 0 Å². The first kappa shape index (κ1) is 14.1. The van der Waals surface area contributed by atoms with Gasteiger partial charge in [0.25, 0.3) is 0 Å². The molecule has 0 aliphatic heterocycles. The van der Waals surface area contributed by atoms with Gasteiger partial charge in [-0.05, 0) is 32.4 Å². The van der Waals surface area contributed by atoms with E-state index in [9.17, 15) is 0 Å². The summed E-state index contributed by atoms with van der Waals surface area (Å²) in [4.78, 5) is 4.51. The van der Waals surface area contributed by atoms with Crippen LogP contribution in [0.3, 0.4) is 0 Å².